The molecule has 1 saturated heterocycles. The number of halogens is 1. The predicted molar refractivity (Wildman–Crippen MR) is 154 cm³/mol. The molecule has 2 aliphatic rings. The van der Waals surface area contributed by atoms with E-state index in [4.69, 9.17) is 23.7 Å². The molecule has 1 amide bonds. The van der Waals surface area contributed by atoms with Gasteiger partial charge in [-0.1, -0.05) is 0 Å². The number of hydrogen-bond acceptors (Lipinski definition) is 7. The van der Waals surface area contributed by atoms with E-state index in [1.54, 1.807) is 62.8 Å². The number of ether oxygens (including phenoxy) is 5. The molecular weight excluding hydrogens is 527 g/mol. The lowest BCUT2D eigenvalue weighted by molar-refractivity contribution is 0.0774. The van der Waals surface area contributed by atoms with Crippen LogP contribution in [-0.2, 0) is 0 Å². The van der Waals surface area contributed by atoms with Crippen LogP contribution in [0.1, 0.15) is 48.9 Å². The van der Waals surface area contributed by atoms with Gasteiger partial charge in [-0.2, -0.15) is 0 Å². The standard InChI is InChI=1S/C32H35FN2O6/c1-37-23-9-11-24(12-10-23)41-29-18-25(13-14-27(29)33)39-16-5-3-4-6-17-40-31-20-28-26(19-30(31)38-2)32(36)35-15-7-8-22(35)21-34-28/h9-14,18-22H,3-8,15-17H2,1-2H3/t22-/m0/s1. The fourth-order valence-electron chi connectivity index (χ4n) is 4.97. The quantitative estimate of drug-likeness (QED) is 0.209. The van der Waals surface area contributed by atoms with Crippen molar-refractivity contribution in [1.29, 1.82) is 0 Å². The Morgan fingerprint density at radius 3 is 2.32 bits per heavy atom. The van der Waals surface area contributed by atoms with Crippen molar-refractivity contribution in [2.75, 3.05) is 34.0 Å². The Bertz CT molecular complexity index is 1380. The van der Waals surface area contributed by atoms with Crippen molar-refractivity contribution >= 4 is 17.8 Å². The Balaban J connectivity index is 1.04. The van der Waals surface area contributed by atoms with Gasteiger partial charge in [-0.05, 0) is 81.0 Å². The smallest absolute Gasteiger partial charge is 0.256 e. The molecule has 0 saturated carbocycles. The van der Waals surface area contributed by atoms with Crippen molar-refractivity contribution in [3.8, 4) is 34.5 Å². The monoisotopic (exact) mass is 562 g/mol. The van der Waals surface area contributed by atoms with Gasteiger partial charge in [0, 0.05) is 24.9 Å². The number of hydrogen-bond donors (Lipinski definition) is 0. The topological polar surface area (TPSA) is 78.8 Å². The number of fused-ring (bicyclic) bond motifs is 2. The second-order valence-corrected chi connectivity index (χ2v) is 9.99. The summed E-state index contributed by atoms with van der Waals surface area (Å²) in [6, 6.07) is 15.0. The molecular formula is C32H35FN2O6. The molecule has 0 aromatic heterocycles. The van der Waals surface area contributed by atoms with Crippen molar-refractivity contribution in [3.63, 3.8) is 0 Å². The zero-order chi connectivity index (χ0) is 28.6. The van der Waals surface area contributed by atoms with Crippen LogP contribution in [-0.4, -0.2) is 57.0 Å². The van der Waals surface area contributed by atoms with E-state index in [0.29, 0.717) is 53.2 Å². The second-order valence-electron chi connectivity index (χ2n) is 9.99. The fourth-order valence-corrected chi connectivity index (χ4v) is 4.97. The van der Waals surface area contributed by atoms with Gasteiger partial charge in [-0.25, -0.2) is 4.39 Å². The van der Waals surface area contributed by atoms with E-state index in [1.165, 1.54) is 6.07 Å². The lowest BCUT2D eigenvalue weighted by atomic mass is 10.1. The third kappa shape index (κ3) is 6.90. The Labute approximate surface area is 239 Å². The number of carbonyl (C=O) groups is 1. The van der Waals surface area contributed by atoms with Crippen LogP contribution in [0.4, 0.5) is 10.1 Å². The van der Waals surface area contributed by atoms with E-state index < -0.39 is 5.82 Å². The highest BCUT2D eigenvalue weighted by Crippen LogP contribution is 2.38. The summed E-state index contributed by atoms with van der Waals surface area (Å²) in [5, 5.41) is 0. The Morgan fingerprint density at radius 2 is 1.56 bits per heavy atom. The van der Waals surface area contributed by atoms with E-state index in [-0.39, 0.29) is 17.7 Å². The largest absolute Gasteiger partial charge is 0.497 e. The van der Waals surface area contributed by atoms with E-state index in [1.807, 2.05) is 11.1 Å². The van der Waals surface area contributed by atoms with Crippen LogP contribution >= 0.6 is 0 Å². The maximum absolute atomic E-state index is 14.3. The van der Waals surface area contributed by atoms with E-state index >= 15 is 0 Å². The summed E-state index contributed by atoms with van der Waals surface area (Å²) in [5.41, 5.74) is 1.17. The lowest BCUT2D eigenvalue weighted by Gasteiger charge is -2.20. The maximum Gasteiger partial charge on any atom is 0.256 e. The average molecular weight is 563 g/mol. The first kappa shape index (κ1) is 28.3. The summed E-state index contributed by atoms with van der Waals surface area (Å²) in [4.78, 5) is 19.5. The summed E-state index contributed by atoms with van der Waals surface area (Å²) in [6.07, 6.45) is 7.43. The highest BCUT2D eigenvalue weighted by atomic mass is 19.1. The SMILES string of the molecule is COc1ccc(Oc2cc(OCCCCCCOc3cc4c(cc3OC)C(=O)N3CCC[C@H]3C=N4)ccc2F)cc1. The Hall–Kier alpha value is -4.27. The van der Waals surface area contributed by atoms with Crippen LogP contribution in [0, 0.1) is 5.82 Å². The fraction of sp³-hybridized carbons (Fsp3) is 0.375. The zero-order valence-corrected chi connectivity index (χ0v) is 23.4. The van der Waals surface area contributed by atoms with Gasteiger partial charge in [0.1, 0.15) is 17.2 Å². The number of carbonyl (C=O) groups excluding carboxylic acids is 1. The molecule has 216 valence electrons. The van der Waals surface area contributed by atoms with Crippen LogP contribution < -0.4 is 23.7 Å². The van der Waals surface area contributed by atoms with Crippen molar-refractivity contribution in [2.24, 2.45) is 4.99 Å². The Morgan fingerprint density at radius 1 is 0.829 bits per heavy atom. The zero-order valence-electron chi connectivity index (χ0n) is 23.4. The molecule has 0 aliphatic carbocycles. The summed E-state index contributed by atoms with van der Waals surface area (Å²) >= 11 is 0. The molecule has 0 radical (unpaired) electrons. The number of benzene rings is 3. The van der Waals surface area contributed by atoms with Crippen LogP contribution in [0.3, 0.4) is 0 Å². The molecule has 9 heteroatoms. The normalized spacial score (nSPS) is 15.6. The molecule has 1 fully saturated rings. The van der Waals surface area contributed by atoms with Crippen LogP contribution in [0.2, 0.25) is 0 Å². The molecule has 5 rings (SSSR count). The third-order valence-corrected chi connectivity index (χ3v) is 7.21. The molecule has 0 bridgehead atoms. The first-order valence-electron chi connectivity index (χ1n) is 14.0. The number of unbranched alkanes of at least 4 members (excludes halogenated alkanes) is 3. The molecule has 3 aromatic carbocycles. The predicted octanol–water partition coefficient (Wildman–Crippen LogP) is 6.97. The minimum absolute atomic E-state index is 0.00584. The van der Waals surface area contributed by atoms with Crippen molar-refractivity contribution in [3.05, 3.63) is 66.0 Å². The van der Waals surface area contributed by atoms with Gasteiger partial charge < -0.3 is 28.6 Å². The lowest BCUT2D eigenvalue weighted by Crippen LogP contribution is -2.35. The van der Waals surface area contributed by atoms with Crippen LogP contribution in [0.5, 0.6) is 34.5 Å². The highest BCUT2D eigenvalue weighted by molar-refractivity contribution is 6.03. The molecule has 0 N–H and O–H groups in total. The van der Waals surface area contributed by atoms with Gasteiger partial charge in [-0.15, -0.1) is 0 Å². The molecule has 0 spiro atoms. The van der Waals surface area contributed by atoms with Crippen molar-refractivity contribution < 1.29 is 32.9 Å². The molecule has 0 unspecified atom stereocenters. The maximum atomic E-state index is 14.3. The summed E-state index contributed by atoms with van der Waals surface area (Å²) in [7, 11) is 3.16. The van der Waals surface area contributed by atoms with Gasteiger partial charge in [0.25, 0.3) is 5.91 Å². The van der Waals surface area contributed by atoms with E-state index in [9.17, 15) is 9.18 Å². The van der Waals surface area contributed by atoms with Gasteiger partial charge in [0.2, 0.25) is 0 Å². The number of nitrogens with zero attached hydrogens (tertiary/aromatic N) is 2. The number of amides is 1. The number of methoxy groups -OCH3 is 2. The molecule has 2 heterocycles. The molecule has 41 heavy (non-hydrogen) atoms. The molecule has 8 nitrogen and oxygen atoms in total. The number of aliphatic imine (C=N–C) groups is 1. The summed E-state index contributed by atoms with van der Waals surface area (Å²) < 4.78 is 42.4. The second kappa shape index (κ2) is 13.4. The van der Waals surface area contributed by atoms with Gasteiger partial charge in [0.05, 0.1) is 44.7 Å². The third-order valence-electron chi connectivity index (χ3n) is 7.21. The van der Waals surface area contributed by atoms with E-state index in [2.05, 4.69) is 4.99 Å². The van der Waals surface area contributed by atoms with Crippen LogP contribution in [0.15, 0.2) is 59.6 Å². The van der Waals surface area contributed by atoms with Gasteiger partial charge in [-0.3, -0.25) is 9.79 Å². The Kier molecular flexibility index (Phi) is 9.23. The number of rotatable bonds is 13. The first-order valence-corrected chi connectivity index (χ1v) is 14.0. The minimum Gasteiger partial charge on any atom is -0.497 e. The minimum atomic E-state index is -0.460. The summed E-state index contributed by atoms with van der Waals surface area (Å²) in [6.45, 7) is 1.79. The highest BCUT2D eigenvalue weighted by Gasteiger charge is 2.32. The average Bonchev–Trinajstić information content (AvgIpc) is 3.43. The van der Waals surface area contributed by atoms with Crippen molar-refractivity contribution in [1.82, 2.24) is 4.90 Å². The molecule has 2 aliphatic heterocycles. The summed E-state index contributed by atoms with van der Waals surface area (Å²) in [5.74, 6) is 2.52. The van der Waals surface area contributed by atoms with Crippen LogP contribution in [0.25, 0.3) is 0 Å². The van der Waals surface area contributed by atoms with Crippen molar-refractivity contribution in [2.45, 2.75) is 44.6 Å². The van der Waals surface area contributed by atoms with E-state index in [0.717, 1.165) is 45.1 Å². The first-order chi connectivity index (χ1) is 20.1. The van der Waals surface area contributed by atoms with Gasteiger partial charge in [0.15, 0.2) is 23.1 Å². The van der Waals surface area contributed by atoms with Gasteiger partial charge >= 0.3 is 0 Å². The molecule has 3 aromatic rings. The molecule has 1 atom stereocenters.